The van der Waals surface area contributed by atoms with Gasteiger partial charge in [-0.2, -0.15) is 0 Å². The van der Waals surface area contributed by atoms with Gasteiger partial charge < -0.3 is 4.74 Å². The van der Waals surface area contributed by atoms with Gasteiger partial charge >= 0.3 is 5.97 Å². The van der Waals surface area contributed by atoms with Crippen LogP contribution in [-0.2, 0) is 4.79 Å². The topological polar surface area (TPSA) is 26.3 Å². The second kappa shape index (κ2) is 6.80. The number of benzene rings is 1. The van der Waals surface area contributed by atoms with E-state index in [2.05, 4.69) is 0 Å². The first-order chi connectivity index (χ1) is 5.33. The van der Waals surface area contributed by atoms with E-state index in [4.69, 9.17) is 4.74 Å². The summed E-state index contributed by atoms with van der Waals surface area (Å²) in [7, 11) is 0. The van der Waals surface area contributed by atoms with Crippen LogP contribution >= 0.6 is 0 Å². The molecule has 0 saturated carbocycles. The molecular weight excluding hydrogens is 179 g/mol. The fourth-order valence-electron chi connectivity index (χ4n) is 0.692. The van der Waals surface area contributed by atoms with Gasteiger partial charge in [-0.1, -0.05) is 25.1 Å². The Hall–Kier alpha value is 0.326. The van der Waals surface area contributed by atoms with Crippen molar-refractivity contribution >= 4 is 57.4 Å². The third kappa shape index (κ3) is 4.38. The smallest absolute Gasteiger partial charge is 0.310 e. The zero-order valence-electron chi connectivity index (χ0n) is 7.41. The molecule has 3 heteroatoms. The average molecular weight is 189 g/mol. The second-order valence-electron chi connectivity index (χ2n) is 2.14. The summed E-state index contributed by atoms with van der Waals surface area (Å²) >= 11 is 0. The van der Waals surface area contributed by atoms with Gasteiger partial charge in [0.1, 0.15) is 5.75 Å². The number of hydrogen-bond donors (Lipinski definition) is 0. The maximum absolute atomic E-state index is 10.8. The van der Waals surface area contributed by atoms with Crippen molar-refractivity contribution in [3.8, 4) is 5.75 Å². The van der Waals surface area contributed by atoms with Crippen LogP contribution < -0.4 is 4.74 Å². The van der Waals surface area contributed by atoms with Gasteiger partial charge in [-0.3, -0.25) is 4.79 Å². The first-order valence-electron chi connectivity index (χ1n) is 3.58. The molecule has 0 heterocycles. The zero-order chi connectivity index (χ0) is 8.10. The summed E-state index contributed by atoms with van der Waals surface area (Å²) in [5.41, 5.74) is 0. The van der Waals surface area contributed by atoms with Crippen molar-refractivity contribution in [1.29, 1.82) is 0 Å². The molecule has 12 heavy (non-hydrogen) atoms. The normalized spacial score (nSPS) is 8.42. The Kier molecular flexibility index (Phi) is 6.99. The predicted molar refractivity (Wildman–Crippen MR) is 48.1 cm³/mol. The Morgan fingerprint density at radius 2 is 1.92 bits per heavy atom. The van der Waals surface area contributed by atoms with Gasteiger partial charge in [0.05, 0.1) is 0 Å². The first kappa shape index (κ1) is 12.3. The van der Waals surface area contributed by atoms with E-state index in [9.17, 15) is 4.79 Å². The molecule has 0 aliphatic heterocycles. The van der Waals surface area contributed by atoms with E-state index in [1.54, 1.807) is 19.1 Å². The van der Waals surface area contributed by atoms with E-state index in [1.165, 1.54) is 0 Å². The van der Waals surface area contributed by atoms with Gasteiger partial charge in [0.25, 0.3) is 0 Å². The number of ether oxygens (including phenoxy) is 1. The molecular formula is C9H10KO2. The van der Waals surface area contributed by atoms with Crippen molar-refractivity contribution in [2.75, 3.05) is 0 Å². The van der Waals surface area contributed by atoms with Crippen LogP contribution in [0.25, 0.3) is 0 Å². The zero-order valence-corrected chi connectivity index (χ0v) is 10.5. The molecule has 0 spiro atoms. The minimum atomic E-state index is -0.198. The van der Waals surface area contributed by atoms with Crippen LogP contribution in [0.2, 0.25) is 0 Å². The van der Waals surface area contributed by atoms with E-state index >= 15 is 0 Å². The molecule has 0 bridgehead atoms. The second-order valence-corrected chi connectivity index (χ2v) is 2.14. The van der Waals surface area contributed by atoms with E-state index in [-0.39, 0.29) is 57.4 Å². The first-order valence-corrected chi connectivity index (χ1v) is 3.58. The molecule has 59 valence electrons. The summed E-state index contributed by atoms with van der Waals surface area (Å²) in [6.07, 6.45) is 0.412. The third-order valence-corrected chi connectivity index (χ3v) is 1.26. The largest absolute Gasteiger partial charge is 0.427 e. The quantitative estimate of drug-likeness (QED) is 0.401. The maximum Gasteiger partial charge on any atom is 0.310 e. The fraction of sp³-hybridized carbons (Fsp3) is 0.222. The Bertz CT molecular complexity index is 234. The number of rotatable bonds is 2. The Labute approximate surface area is 115 Å². The predicted octanol–water partition coefficient (Wildman–Crippen LogP) is 1.62. The molecule has 0 saturated heterocycles. The molecule has 0 aliphatic rings. The van der Waals surface area contributed by atoms with Crippen LogP contribution in [0.4, 0.5) is 0 Å². The van der Waals surface area contributed by atoms with Gasteiger partial charge in [-0.25, -0.2) is 0 Å². The summed E-state index contributed by atoms with van der Waals surface area (Å²) in [5, 5.41) is 0. The molecule has 1 aromatic rings. The van der Waals surface area contributed by atoms with Crippen molar-refractivity contribution in [3.05, 3.63) is 30.3 Å². The van der Waals surface area contributed by atoms with Crippen molar-refractivity contribution in [2.45, 2.75) is 13.3 Å². The summed E-state index contributed by atoms with van der Waals surface area (Å²) in [6, 6.07) is 9.06. The van der Waals surface area contributed by atoms with E-state index < -0.39 is 0 Å². The minimum Gasteiger partial charge on any atom is -0.427 e. The SMILES string of the molecule is CCC(=O)Oc1ccccc1.[K]. The van der Waals surface area contributed by atoms with Gasteiger partial charge in [0, 0.05) is 57.8 Å². The molecule has 0 aromatic heterocycles. The number of para-hydroxylation sites is 1. The molecule has 0 N–H and O–H groups in total. The third-order valence-electron chi connectivity index (χ3n) is 1.26. The maximum atomic E-state index is 10.8. The number of carbonyl (C=O) groups excluding carboxylic acids is 1. The molecule has 1 rings (SSSR count). The molecule has 0 amide bonds. The monoisotopic (exact) mass is 189 g/mol. The Morgan fingerprint density at radius 1 is 1.33 bits per heavy atom. The van der Waals surface area contributed by atoms with Gasteiger partial charge in [-0.05, 0) is 12.1 Å². The fourth-order valence-corrected chi connectivity index (χ4v) is 0.692. The van der Waals surface area contributed by atoms with Crippen molar-refractivity contribution in [3.63, 3.8) is 0 Å². The van der Waals surface area contributed by atoms with Gasteiger partial charge in [0.15, 0.2) is 0 Å². The van der Waals surface area contributed by atoms with Crippen LogP contribution in [0.1, 0.15) is 13.3 Å². The Balaban J connectivity index is 0.00000121. The molecule has 1 aromatic carbocycles. The number of esters is 1. The number of hydrogen-bond acceptors (Lipinski definition) is 2. The standard InChI is InChI=1S/C9H10O2.K/c1-2-9(10)11-8-6-4-3-5-7-8;/h3-7H,2H2,1H3;. The number of carbonyl (C=O) groups is 1. The molecule has 0 fully saturated rings. The molecule has 1 radical (unpaired) electrons. The van der Waals surface area contributed by atoms with Crippen molar-refractivity contribution < 1.29 is 9.53 Å². The Morgan fingerprint density at radius 3 is 2.42 bits per heavy atom. The summed E-state index contributed by atoms with van der Waals surface area (Å²) < 4.78 is 4.92. The van der Waals surface area contributed by atoms with Crippen molar-refractivity contribution in [2.24, 2.45) is 0 Å². The van der Waals surface area contributed by atoms with E-state index in [0.717, 1.165) is 0 Å². The van der Waals surface area contributed by atoms with Crippen LogP contribution in [0.5, 0.6) is 5.75 Å². The van der Waals surface area contributed by atoms with Gasteiger partial charge in [0.2, 0.25) is 0 Å². The molecule has 0 aliphatic carbocycles. The summed E-state index contributed by atoms with van der Waals surface area (Å²) in [5.74, 6) is 0.413. The van der Waals surface area contributed by atoms with E-state index in [0.29, 0.717) is 12.2 Å². The van der Waals surface area contributed by atoms with Crippen molar-refractivity contribution in [1.82, 2.24) is 0 Å². The van der Waals surface area contributed by atoms with Crippen LogP contribution in [0, 0.1) is 0 Å². The molecule has 0 unspecified atom stereocenters. The minimum absolute atomic E-state index is 0. The van der Waals surface area contributed by atoms with Crippen LogP contribution in [0.15, 0.2) is 30.3 Å². The van der Waals surface area contributed by atoms with Crippen LogP contribution in [0.3, 0.4) is 0 Å². The van der Waals surface area contributed by atoms with Crippen LogP contribution in [-0.4, -0.2) is 57.4 Å². The summed E-state index contributed by atoms with van der Waals surface area (Å²) in [6.45, 7) is 1.77. The van der Waals surface area contributed by atoms with Gasteiger partial charge in [-0.15, -0.1) is 0 Å². The summed E-state index contributed by atoms with van der Waals surface area (Å²) in [4.78, 5) is 10.8. The van der Waals surface area contributed by atoms with E-state index in [1.807, 2.05) is 18.2 Å². The molecule has 0 atom stereocenters. The average Bonchev–Trinajstić information content (AvgIpc) is 2.06. The molecule has 2 nitrogen and oxygen atoms in total.